The highest BCUT2D eigenvalue weighted by atomic mass is 15.1. The van der Waals surface area contributed by atoms with E-state index in [-0.39, 0.29) is 0 Å². The molecular formula is C81H142N21+3. The van der Waals surface area contributed by atoms with E-state index in [1.54, 1.807) is 93.5 Å². The lowest BCUT2D eigenvalue weighted by atomic mass is 10.3. The number of aromatic nitrogens is 21. The third-order valence-corrected chi connectivity index (χ3v) is 9.01. The predicted octanol–water partition coefficient (Wildman–Crippen LogP) is 18.8. The molecule has 21 heteroatoms. The quantitative estimate of drug-likeness (QED) is 0.128. The summed E-state index contributed by atoms with van der Waals surface area (Å²) in [5, 5.41) is 21.8. The number of aryl methyl sites for hydroxylation is 14. The van der Waals surface area contributed by atoms with Gasteiger partial charge in [-0.2, -0.15) is 25.5 Å². The topological polar surface area (TPSA) is 244 Å². The third-order valence-electron chi connectivity index (χ3n) is 9.01. The van der Waals surface area contributed by atoms with Crippen LogP contribution in [-0.4, -0.2) is 90.4 Å². The van der Waals surface area contributed by atoms with Crippen molar-refractivity contribution in [1.82, 2.24) is 90.4 Å². The van der Waals surface area contributed by atoms with E-state index in [0.717, 1.165) is 39.9 Å². The number of hydrogen-bond donors (Lipinski definition) is 0. The van der Waals surface area contributed by atoms with Crippen LogP contribution in [0.25, 0.3) is 0 Å². The molecule has 0 radical (unpaired) electrons. The van der Waals surface area contributed by atoms with Gasteiger partial charge in [0.25, 0.3) is 0 Å². The molecule has 102 heavy (non-hydrogen) atoms. The van der Waals surface area contributed by atoms with Crippen LogP contribution in [-0.2, 0) is 21.1 Å². The third kappa shape index (κ3) is 98.6. The minimum atomic E-state index is 0.711. The smallest absolute Gasteiger partial charge is 0.177 e. The van der Waals surface area contributed by atoms with Crippen LogP contribution < -0.4 is 13.7 Å². The monoisotopic (exact) mass is 1410 g/mol. The second-order valence-corrected chi connectivity index (χ2v) is 16.6. The molecule has 11 aromatic rings. The zero-order valence-corrected chi connectivity index (χ0v) is 70.5. The zero-order chi connectivity index (χ0) is 80.9. The van der Waals surface area contributed by atoms with Crippen molar-refractivity contribution in [3.63, 3.8) is 0 Å². The van der Waals surface area contributed by atoms with Crippen molar-refractivity contribution >= 4 is 0 Å². The molecule has 0 saturated heterocycles. The largest absolute Gasteiger partial charge is 0.261 e. The number of pyridine rings is 3. The van der Waals surface area contributed by atoms with Crippen molar-refractivity contribution in [3.8, 4) is 0 Å². The molecule has 11 aromatic heterocycles. The van der Waals surface area contributed by atoms with Crippen LogP contribution in [0.2, 0.25) is 0 Å². The van der Waals surface area contributed by atoms with Crippen LogP contribution in [0.15, 0.2) is 210 Å². The first-order valence-electron chi connectivity index (χ1n) is 35.9. The lowest BCUT2D eigenvalue weighted by Gasteiger charge is -1.87. The molecule has 11 rings (SSSR count). The van der Waals surface area contributed by atoms with Crippen molar-refractivity contribution in [2.45, 2.75) is 228 Å². The fourth-order valence-electron chi connectivity index (χ4n) is 4.75. The van der Waals surface area contributed by atoms with Crippen molar-refractivity contribution in [1.29, 1.82) is 0 Å². The summed E-state index contributed by atoms with van der Waals surface area (Å²) >= 11 is 0. The Morgan fingerprint density at radius 3 is 1.01 bits per heavy atom. The zero-order valence-electron chi connectivity index (χ0n) is 70.5. The average molecular weight is 1410 g/mol. The molecule has 0 fully saturated rings. The van der Waals surface area contributed by atoms with Gasteiger partial charge < -0.3 is 0 Å². The summed E-state index contributed by atoms with van der Waals surface area (Å²) in [4.78, 5) is 45.6. The molecule has 0 saturated carbocycles. The van der Waals surface area contributed by atoms with E-state index >= 15 is 0 Å². The average Bonchev–Trinajstić information content (AvgIpc) is 1.62. The Hall–Kier alpha value is -10.0. The normalized spacial score (nSPS) is 7.61. The number of hydrogen-bond acceptors (Lipinski definition) is 18. The molecular weight excluding hydrogens is 1270 g/mol. The fraction of sp³-hybridized carbons (Fsp3) is 0.444. The maximum atomic E-state index is 3.92. The lowest BCUT2D eigenvalue weighted by molar-refractivity contribution is -0.677. The Labute approximate surface area is 622 Å². The second-order valence-electron chi connectivity index (χ2n) is 16.6. The highest BCUT2D eigenvalue weighted by molar-refractivity contribution is 5.04. The van der Waals surface area contributed by atoms with Gasteiger partial charge in [-0.25, -0.2) is 63.5 Å². The molecule has 0 aliphatic heterocycles. The van der Waals surface area contributed by atoms with E-state index in [0.29, 0.717) is 5.82 Å². The van der Waals surface area contributed by atoms with E-state index in [1.807, 2.05) is 298 Å². The van der Waals surface area contributed by atoms with Crippen molar-refractivity contribution in [3.05, 3.63) is 272 Å². The Morgan fingerprint density at radius 2 is 0.765 bits per heavy atom. The highest BCUT2D eigenvalue weighted by Crippen LogP contribution is 1.90. The van der Waals surface area contributed by atoms with E-state index in [1.165, 1.54) is 42.1 Å². The maximum Gasteiger partial charge on any atom is 0.177 e. The minimum absolute atomic E-state index is 0.711. The first-order chi connectivity index (χ1) is 49.5. The first-order valence-corrected chi connectivity index (χ1v) is 35.9. The van der Waals surface area contributed by atoms with Crippen molar-refractivity contribution in [2.75, 3.05) is 0 Å². The summed E-state index contributed by atoms with van der Waals surface area (Å²) in [5.74, 6) is 2.29. The number of rotatable bonds is 0. The Kier molecular flexibility index (Phi) is 119. The molecule has 11 heterocycles. The molecule has 0 aliphatic carbocycles. The molecule has 0 aromatic carbocycles. The second kappa shape index (κ2) is 104. The van der Waals surface area contributed by atoms with Crippen LogP contribution in [0.4, 0.5) is 0 Å². The molecule has 0 aliphatic rings. The summed E-state index contributed by atoms with van der Waals surface area (Å²) < 4.78 is 6.14. The lowest BCUT2D eigenvalue weighted by Crippen LogP contribution is -2.30. The Balaban J connectivity index is -0.0000000965. The van der Waals surface area contributed by atoms with Gasteiger partial charge in [-0.05, 0) is 122 Å². The highest BCUT2D eigenvalue weighted by Gasteiger charge is 1.92. The van der Waals surface area contributed by atoms with Crippen molar-refractivity contribution in [2.24, 2.45) is 21.1 Å². The van der Waals surface area contributed by atoms with Gasteiger partial charge in [-0.1, -0.05) is 158 Å². The maximum absolute atomic E-state index is 3.92. The van der Waals surface area contributed by atoms with Crippen LogP contribution in [0.5, 0.6) is 0 Å². The Morgan fingerprint density at radius 1 is 0.245 bits per heavy atom. The van der Waals surface area contributed by atoms with Crippen LogP contribution in [0.1, 0.15) is 215 Å². The molecule has 0 bridgehead atoms. The minimum Gasteiger partial charge on any atom is -0.261 e. The van der Waals surface area contributed by atoms with E-state index < -0.39 is 0 Å². The van der Waals surface area contributed by atoms with Crippen LogP contribution in [0, 0.1) is 76.2 Å². The molecule has 0 N–H and O–H groups in total. The van der Waals surface area contributed by atoms with E-state index in [9.17, 15) is 0 Å². The predicted molar refractivity (Wildman–Crippen MR) is 432 cm³/mol. The SMILES string of the molecule is CC.CC.CC.CC.CC.CC.CC.CC.CC.CC.CC.Cc1cc[n+](C)cc1.Cc1ccc[n+](C)c1.Cc1cccc[n+]1C.Cc1cccnn1.Cc1ccncn1.Cc1ccnnc1.Cc1cnccn1.Cc1cncnc1.Cc1ncccn1.Cc1nccnn1.Cc1ncncn1. The summed E-state index contributed by atoms with van der Waals surface area (Å²) in [5.41, 5.74) is 9.07. The van der Waals surface area contributed by atoms with Crippen LogP contribution in [0.3, 0.4) is 0 Å². The van der Waals surface area contributed by atoms with Gasteiger partial charge in [0, 0.05) is 117 Å². The van der Waals surface area contributed by atoms with Gasteiger partial charge in [-0.3, -0.25) is 9.97 Å². The summed E-state index contributed by atoms with van der Waals surface area (Å²) in [6.45, 7) is 65.4. The molecule has 0 spiro atoms. The molecule has 0 amide bonds. The molecule has 0 atom stereocenters. The van der Waals surface area contributed by atoms with Gasteiger partial charge >= 0.3 is 0 Å². The first kappa shape index (κ1) is 116. The van der Waals surface area contributed by atoms with Gasteiger partial charge in [0.15, 0.2) is 36.7 Å². The van der Waals surface area contributed by atoms with Gasteiger partial charge in [0.2, 0.25) is 0 Å². The van der Waals surface area contributed by atoms with Crippen LogP contribution >= 0.6 is 0 Å². The molecule has 568 valence electrons. The number of nitrogens with zero attached hydrogens (tertiary/aromatic N) is 21. The standard InChI is InChI=1S/3C7H10N.6C5H6N2.2C4H5N3.11C2H6/c1-7-3-5-8(2)6-4-7;1-7-4-3-5-8(2)6-7;1-7-5-3-4-6-8(7)2;1-5-2-6-4-7-3-5;1-5-4-6-2-3-7-5;1-5-2-3-6-4-7-5;1-5-2-3-6-7-4-5;1-5-6-3-2-4-7-5;1-5-3-2-4-6-7-5;1-4-6-2-5-3-7-4;1-4-5-2-3-6-7-4;11*1-2/h3*3-6H,1-2H3;6*2-4H,1H3;2*2-3H,1H3;11*1-2H3/q3*+1;;;;;;;;;;;;;;;;;;;. The van der Waals surface area contributed by atoms with Gasteiger partial charge in [0.05, 0.1) is 23.8 Å². The van der Waals surface area contributed by atoms with E-state index in [2.05, 4.69) is 146 Å². The fourth-order valence-corrected chi connectivity index (χ4v) is 4.75. The van der Waals surface area contributed by atoms with Crippen molar-refractivity contribution < 1.29 is 13.7 Å². The summed E-state index contributed by atoms with van der Waals surface area (Å²) in [6, 6.07) is 23.8. The Bertz CT molecular complexity index is 2610. The van der Waals surface area contributed by atoms with E-state index in [4.69, 9.17) is 0 Å². The molecule has 21 nitrogen and oxygen atoms in total. The summed E-state index contributed by atoms with van der Waals surface area (Å²) in [6.07, 6.45) is 38.2. The summed E-state index contributed by atoms with van der Waals surface area (Å²) in [7, 11) is 6.07. The molecule has 0 unspecified atom stereocenters. The van der Waals surface area contributed by atoms with Gasteiger partial charge in [-0.15, -0.1) is 5.10 Å². The van der Waals surface area contributed by atoms with Gasteiger partial charge in [0.1, 0.15) is 63.9 Å².